The Kier molecular flexibility index (Phi) is 6.75. The van der Waals surface area contributed by atoms with Crippen molar-refractivity contribution in [1.82, 2.24) is 14.9 Å². The van der Waals surface area contributed by atoms with Crippen molar-refractivity contribution in [2.75, 3.05) is 31.2 Å². The van der Waals surface area contributed by atoms with Crippen LogP contribution >= 0.6 is 11.6 Å². The van der Waals surface area contributed by atoms with Gasteiger partial charge in [-0.25, -0.2) is 18.7 Å². The number of nitrogens with one attached hydrogen (secondary N) is 1. The number of nitrogens with zero attached hydrogens (tertiary/aromatic N) is 3. The first kappa shape index (κ1) is 24.0. The predicted octanol–water partition coefficient (Wildman–Crippen LogP) is 5.55. The van der Waals surface area contributed by atoms with E-state index in [9.17, 15) is 8.78 Å². The standard InChI is InChI=1S/C26H24ClF2N5O2/c1-34-6-5-17(12-34)36-25-11-22-18(8-21(25)30)26(32-14-31-22)33-23-9-19(27)24(10-20(23)29)35-13-15-3-2-4-16(28)7-15/h2-4,7-11,14,17H,5-6,12-13,30H2,1H3,(H,31,32,33)/t17-/m1/s1. The highest BCUT2D eigenvalue weighted by Gasteiger charge is 2.22. The lowest BCUT2D eigenvalue weighted by Gasteiger charge is -2.17. The molecule has 0 aliphatic carbocycles. The fourth-order valence-corrected chi connectivity index (χ4v) is 4.34. The van der Waals surface area contributed by atoms with E-state index in [4.69, 9.17) is 26.8 Å². The Balaban J connectivity index is 1.36. The molecule has 186 valence electrons. The van der Waals surface area contributed by atoms with Crippen molar-refractivity contribution >= 4 is 39.7 Å². The smallest absolute Gasteiger partial charge is 0.150 e. The highest BCUT2D eigenvalue weighted by Crippen LogP contribution is 2.35. The Morgan fingerprint density at radius 1 is 1.14 bits per heavy atom. The van der Waals surface area contributed by atoms with E-state index in [2.05, 4.69) is 20.2 Å². The maximum atomic E-state index is 15.0. The van der Waals surface area contributed by atoms with Crippen LogP contribution in [0.2, 0.25) is 5.02 Å². The van der Waals surface area contributed by atoms with Crippen LogP contribution in [0.25, 0.3) is 10.9 Å². The van der Waals surface area contributed by atoms with Gasteiger partial charge in [-0.2, -0.15) is 0 Å². The summed E-state index contributed by atoms with van der Waals surface area (Å²) in [7, 11) is 2.05. The molecule has 0 spiro atoms. The van der Waals surface area contributed by atoms with Crippen LogP contribution in [0, 0.1) is 11.6 Å². The largest absolute Gasteiger partial charge is 0.487 e. The summed E-state index contributed by atoms with van der Waals surface area (Å²) in [6.45, 7) is 1.84. The molecule has 1 aromatic heterocycles. The molecule has 3 N–H and O–H groups in total. The van der Waals surface area contributed by atoms with Gasteiger partial charge in [0.15, 0.2) is 0 Å². The SMILES string of the molecule is CN1CC[C@@H](Oc2cc3ncnc(Nc4cc(Cl)c(OCc5cccc(F)c5)cc4F)c3cc2N)C1. The highest BCUT2D eigenvalue weighted by molar-refractivity contribution is 6.32. The molecule has 0 amide bonds. The Labute approximate surface area is 211 Å². The Hall–Kier alpha value is -3.69. The van der Waals surface area contributed by atoms with Crippen molar-refractivity contribution in [3.8, 4) is 11.5 Å². The third-order valence-corrected chi connectivity index (χ3v) is 6.26. The summed E-state index contributed by atoms with van der Waals surface area (Å²) in [4.78, 5) is 10.8. The topological polar surface area (TPSA) is 85.5 Å². The summed E-state index contributed by atoms with van der Waals surface area (Å²) in [5.41, 5.74) is 8.01. The van der Waals surface area contributed by atoms with Crippen molar-refractivity contribution in [2.45, 2.75) is 19.1 Å². The van der Waals surface area contributed by atoms with Crippen LogP contribution in [0.3, 0.4) is 0 Å². The summed E-state index contributed by atoms with van der Waals surface area (Å²) in [5.74, 6) is 0.0815. The molecule has 10 heteroatoms. The molecular weight excluding hydrogens is 488 g/mol. The molecule has 1 fully saturated rings. The van der Waals surface area contributed by atoms with Gasteiger partial charge in [0.2, 0.25) is 0 Å². The molecule has 1 aliphatic heterocycles. The number of anilines is 3. The zero-order valence-corrected chi connectivity index (χ0v) is 20.2. The molecule has 1 saturated heterocycles. The van der Waals surface area contributed by atoms with Gasteiger partial charge in [-0.3, -0.25) is 0 Å². The number of halogens is 3. The van der Waals surface area contributed by atoms with E-state index in [0.717, 1.165) is 19.5 Å². The van der Waals surface area contributed by atoms with Gasteiger partial charge >= 0.3 is 0 Å². The van der Waals surface area contributed by atoms with Crippen molar-refractivity contribution in [3.05, 3.63) is 77.1 Å². The first-order valence-corrected chi connectivity index (χ1v) is 11.8. The second-order valence-electron chi connectivity index (χ2n) is 8.73. The molecule has 7 nitrogen and oxygen atoms in total. The van der Waals surface area contributed by atoms with Crippen LogP contribution in [0.5, 0.6) is 11.5 Å². The zero-order valence-electron chi connectivity index (χ0n) is 19.5. The first-order valence-electron chi connectivity index (χ1n) is 11.4. The Bertz CT molecular complexity index is 1420. The van der Waals surface area contributed by atoms with Gasteiger partial charge in [0.05, 0.1) is 21.9 Å². The highest BCUT2D eigenvalue weighted by atomic mass is 35.5. The molecule has 4 aromatic rings. The van der Waals surface area contributed by atoms with Crippen molar-refractivity contribution in [3.63, 3.8) is 0 Å². The molecule has 0 saturated carbocycles. The summed E-state index contributed by atoms with van der Waals surface area (Å²) in [5, 5.41) is 3.76. The molecule has 0 radical (unpaired) electrons. The van der Waals surface area contributed by atoms with Gasteiger partial charge in [0.25, 0.3) is 0 Å². The van der Waals surface area contributed by atoms with Crippen molar-refractivity contribution < 1.29 is 18.3 Å². The van der Waals surface area contributed by atoms with Gasteiger partial charge in [0.1, 0.15) is 48.0 Å². The van der Waals surface area contributed by atoms with Gasteiger partial charge in [-0.05, 0) is 43.3 Å². The minimum atomic E-state index is -0.598. The average Bonchev–Trinajstić information content (AvgIpc) is 3.26. The fraction of sp³-hybridized carbons (Fsp3) is 0.231. The molecular formula is C26H24ClF2N5O2. The number of nitrogen functional groups attached to an aromatic ring is 1. The maximum Gasteiger partial charge on any atom is 0.150 e. The third kappa shape index (κ3) is 5.27. The lowest BCUT2D eigenvalue weighted by Crippen LogP contribution is -2.21. The van der Waals surface area contributed by atoms with Gasteiger partial charge in [-0.15, -0.1) is 0 Å². The molecule has 3 aromatic carbocycles. The Morgan fingerprint density at radius 3 is 2.78 bits per heavy atom. The molecule has 1 atom stereocenters. The van der Waals surface area contributed by atoms with Gasteiger partial charge < -0.3 is 25.4 Å². The summed E-state index contributed by atoms with van der Waals surface area (Å²) in [6.07, 6.45) is 2.36. The number of aromatic nitrogens is 2. The number of fused-ring (bicyclic) bond motifs is 1. The lowest BCUT2D eigenvalue weighted by molar-refractivity contribution is 0.209. The van der Waals surface area contributed by atoms with Crippen molar-refractivity contribution in [1.29, 1.82) is 0 Å². The molecule has 1 aliphatic rings. The van der Waals surface area contributed by atoms with Gasteiger partial charge in [0, 0.05) is 30.6 Å². The zero-order chi connectivity index (χ0) is 25.2. The average molecular weight is 512 g/mol. The van der Waals surface area contributed by atoms with Crippen LogP contribution in [-0.4, -0.2) is 41.1 Å². The Morgan fingerprint density at radius 2 is 2.00 bits per heavy atom. The number of rotatable bonds is 7. The number of likely N-dealkylation sites (tertiary alicyclic amines) is 1. The van der Waals surface area contributed by atoms with E-state index >= 15 is 0 Å². The first-order chi connectivity index (χ1) is 17.4. The predicted molar refractivity (Wildman–Crippen MR) is 136 cm³/mol. The summed E-state index contributed by atoms with van der Waals surface area (Å²) >= 11 is 6.34. The minimum Gasteiger partial charge on any atom is -0.487 e. The molecule has 0 bridgehead atoms. The number of nitrogens with two attached hydrogens (primary N) is 1. The van der Waals surface area contributed by atoms with E-state index in [0.29, 0.717) is 33.7 Å². The van der Waals surface area contributed by atoms with Gasteiger partial charge in [-0.1, -0.05) is 23.7 Å². The lowest BCUT2D eigenvalue weighted by atomic mass is 10.2. The number of hydrogen-bond donors (Lipinski definition) is 2. The molecule has 36 heavy (non-hydrogen) atoms. The molecule has 5 rings (SSSR count). The fourth-order valence-electron chi connectivity index (χ4n) is 4.12. The van der Waals surface area contributed by atoms with Crippen LogP contribution in [-0.2, 0) is 6.61 Å². The normalized spacial score (nSPS) is 15.8. The van der Waals surface area contributed by atoms with E-state index in [1.54, 1.807) is 24.3 Å². The summed E-state index contributed by atoms with van der Waals surface area (Å²) in [6, 6.07) is 12.0. The second-order valence-corrected chi connectivity index (χ2v) is 9.13. The number of likely N-dealkylation sites (N-methyl/N-ethyl adjacent to an activating group) is 1. The quantitative estimate of drug-likeness (QED) is 0.315. The van der Waals surface area contributed by atoms with Crippen LogP contribution < -0.4 is 20.5 Å². The number of benzene rings is 3. The van der Waals surface area contributed by atoms with E-state index in [1.807, 2.05) is 7.05 Å². The van der Waals surface area contributed by atoms with Crippen LogP contribution in [0.1, 0.15) is 12.0 Å². The monoisotopic (exact) mass is 511 g/mol. The maximum absolute atomic E-state index is 15.0. The van der Waals surface area contributed by atoms with E-state index in [-0.39, 0.29) is 35.0 Å². The van der Waals surface area contributed by atoms with Crippen LogP contribution in [0.15, 0.2) is 54.9 Å². The number of hydrogen-bond acceptors (Lipinski definition) is 7. The third-order valence-electron chi connectivity index (χ3n) is 5.97. The molecule has 0 unspecified atom stereocenters. The van der Waals surface area contributed by atoms with E-state index < -0.39 is 5.82 Å². The summed E-state index contributed by atoms with van der Waals surface area (Å²) < 4.78 is 40.0. The van der Waals surface area contributed by atoms with Crippen molar-refractivity contribution in [2.24, 2.45) is 0 Å². The number of ether oxygens (including phenoxy) is 2. The van der Waals surface area contributed by atoms with Crippen LogP contribution in [0.4, 0.5) is 26.0 Å². The molecule has 2 heterocycles. The second kappa shape index (κ2) is 10.1. The van der Waals surface area contributed by atoms with E-state index in [1.165, 1.54) is 30.6 Å². The minimum absolute atomic E-state index is 0.0427.